The average Bonchev–Trinajstić information content (AvgIpc) is 2.74. The number of benzene rings is 2. The maximum atomic E-state index is 13.0. The summed E-state index contributed by atoms with van der Waals surface area (Å²) in [5, 5.41) is 10.7. The van der Waals surface area contributed by atoms with Crippen LogP contribution in [0.3, 0.4) is 0 Å². The van der Waals surface area contributed by atoms with Crippen molar-refractivity contribution in [3.8, 4) is 6.07 Å². The molecule has 0 aliphatic carbocycles. The number of aryl methyl sites for hydroxylation is 1. The lowest BCUT2D eigenvalue weighted by Gasteiger charge is -2.42. The molecule has 1 amide bonds. The Kier molecular flexibility index (Phi) is 5.38. The fourth-order valence-corrected chi connectivity index (χ4v) is 5.32. The van der Waals surface area contributed by atoms with Gasteiger partial charge in [0.15, 0.2) is 0 Å². The average molecular weight is 408 g/mol. The van der Waals surface area contributed by atoms with Crippen molar-refractivity contribution in [2.45, 2.75) is 24.2 Å². The Hall–Kier alpha value is -2.36. The van der Waals surface area contributed by atoms with E-state index in [4.69, 9.17) is 0 Å². The van der Waals surface area contributed by atoms with Gasteiger partial charge >= 0.3 is 0 Å². The van der Waals surface area contributed by atoms with Crippen LogP contribution >= 0.6 is 23.5 Å². The lowest BCUT2D eigenvalue weighted by atomic mass is 9.86. The Morgan fingerprint density at radius 2 is 1.93 bits per heavy atom. The van der Waals surface area contributed by atoms with E-state index in [1.807, 2.05) is 30.5 Å². The van der Waals surface area contributed by atoms with Crippen LogP contribution in [0.2, 0.25) is 0 Å². The molecule has 0 aromatic heterocycles. The highest BCUT2D eigenvalue weighted by molar-refractivity contribution is 8.03. The Morgan fingerprint density at radius 1 is 1.18 bits per heavy atom. The number of para-hydroxylation sites is 1. The lowest BCUT2D eigenvalue weighted by Crippen LogP contribution is -2.47. The summed E-state index contributed by atoms with van der Waals surface area (Å²) in [4.78, 5) is 18.2. The maximum Gasteiger partial charge on any atom is 0.229 e. The lowest BCUT2D eigenvalue weighted by molar-refractivity contribution is -0.129. The molecule has 4 rings (SSSR count). The third-order valence-electron chi connectivity index (χ3n) is 5.27. The number of thioether (sulfide) groups is 2. The van der Waals surface area contributed by atoms with Crippen molar-refractivity contribution in [2.75, 3.05) is 23.7 Å². The number of carbonyl (C=O) groups excluding carboxylic acids is 1. The number of amides is 1. The van der Waals surface area contributed by atoms with Crippen LogP contribution in [0.5, 0.6) is 0 Å². The third-order valence-corrected chi connectivity index (χ3v) is 7.17. The number of nitrogens with zero attached hydrogens (tertiary/aromatic N) is 3. The molecule has 2 aliphatic rings. The normalized spacial score (nSPS) is 19.5. The molecule has 0 saturated carbocycles. The van der Waals surface area contributed by atoms with Gasteiger partial charge in [-0.05, 0) is 42.5 Å². The van der Waals surface area contributed by atoms with E-state index < -0.39 is 0 Å². The number of rotatable bonds is 3. The predicted molar refractivity (Wildman–Crippen MR) is 116 cm³/mol. The maximum absolute atomic E-state index is 13.0. The smallest absolute Gasteiger partial charge is 0.229 e. The summed E-state index contributed by atoms with van der Waals surface area (Å²) < 4.78 is 0. The predicted octanol–water partition coefficient (Wildman–Crippen LogP) is 4.94. The Balaban J connectivity index is 1.66. The molecule has 0 bridgehead atoms. The Bertz CT molecular complexity index is 978. The van der Waals surface area contributed by atoms with Crippen LogP contribution in [0.4, 0.5) is 5.69 Å². The summed E-state index contributed by atoms with van der Waals surface area (Å²) in [6.07, 6.45) is 2.38. The van der Waals surface area contributed by atoms with Crippen LogP contribution in [0.1, 0.15) is 23.5 Å². The Morgan fingerprint density at radius 3 is 2.61 bits per heavy atom. The van der Waals surface area contributed by atoms with Crippen LogP contribution in [-0.2, 0) is 4.79 Å². The second kappa shape index (κ2) is 7.94. The second-order valence-corrected chi connectivity index (χ2v) is 8.74. The van der Waals surface area contributed by atoms with E-state index in [0.29, 0.717) is 18.7 Å². The molecule has 6 heteroatoms. The first-order valence-electron chi connectivity index (χ1n) is 9.14. The van der Waals surface area contributed by atoms with Gasteiger partial charge in [-0.2, -0.15) is 5.26 Å². The molecule has 2 heterocycles. The van der Waals surface area contributed by atoms with Gasteiger partial charge in [0.05, 0.1) is 29.2 Å². The van der Waals surface area contributed by atoms with Gasteiger partial charge in [-0.15, -0.1) is 11.8 Å². The molecule has 0 spiro atoms. The Labute approximate surface area is 174 Å². The van der Waals surface area contributed by atoms with Crippen molar-refractivity contribution in [3.63, 3.8) is 0 Å². The van der Waals surface area contributed by atoms with Gasteiger partial charge in [0.25, 0.3) is 0 Å². The molecule has 0 radical (unpaired) electrons. The fraction of sp³-hybridized carbons (Fsp3) is 0.273. The molecule has 142 valence electrons. The van der Waals surface area contributed by atoms with Crippen molar-refractivity contribution in [2.24, 2.45) is 0 Å². The number of allylic oxidation sites excluding steroid dienone is 1. The first kappa shape index (κ1) is 19.0. The first-order valence-corrected chi connectivity index (χ1v) is 11.4. The van der Waals surface area contributed by atoms with Crippen molar-refractivity contribution < 1.29 is 4.79 Å². The fourth-order valence-electron chi connectivity index (χ4n) is 3.75. The molecule has 4 nitrogen and oxygen atoms in total. The van der Waals surface area contributed by atoms with Crippen LogP contribution in [0.15, 0.2) is 64.0 Å². The van der Waals surface area contributed by atoms with Crippen LogP contribution < -0.4 is 4.90 Å². The minimum atomic E-state index is -0.155. The van der Waals surface area contributed by atoms with Crippen molar-refractivity contribution in [1.29, 1.82) is 5.26 Å². The van der Waals surface area contributed by atoms with E-state index in [1.54, 1.807) is 28.4 Å². The molecule has 1 atom stereocenters. The zero-order valence-electron chi connectivity index (χ0n) is 15.9. The first-order chi connectivity index (χ1) is 13.6. The number of anilines is 1. The third kappa shape index (κ3) is 3.41. The van der Waals surface area contributed by atoms with Crippen LogP contribution in [-0.4, -0.2) is 29.6 Å². The molecule has 0 N–H and O–H groups in total. The minimum absolute atomic E-state index is 0.0822. The second-order valence-electron chi connectivity index (χ2n) is 6.92. The zero-order valence-corrected chi connectivity index (χ0v) is 17.5. The van der Waals surface area contributed by atoms with Gasteiger partial charge in [0, 0.05) is 22.9 Å². The summed E-state index contributed by atoms with van der Waals surface area (Å²) in [6, 6.07) is 18.8. The van der Waals surface area contributed by atoms with Crippen molar-refractivity contribution >= 4 is 35.1 Å². The minimum Gasteiger partial charge on any atom is -0.343 e. The number of carbonyl (C=O) groups is 1. The van der Waals surface area contributed by atoms with Gasteiger partial charge in [0.2, 0.25) is 5.91 Å². The molecule has 0 unspecified atom stereocenters. The summed E-state index contributed by atoms with van der Waals surface area (Å²) >= 11 is 3.27. The highest BCUT2D eigenvalue weighted by atomic mass is 32.2. The van der Waals surface area contributed by atoms with Crippen LogP contribution in [0.25, 0.3) is 0 Å². The van der Waals surface area contributed by atoms with Crippen molar-refractivity contribution in [3.05, 3.63) is 70.3 Å². The summed E-state index contributed by atoms with van der Waals surface area (Å²) in [6.45, 7) is 2.58. The van der Waals surface area contributed by atoms with Gasteiger partial charge in [-0.25, -0.2) is 0 Å². The molecular formula is C22H21N3OS2. The van der Waals surface area contributed by atoms with E-state index >= 15 is 0 Å². The monoisotopic (exact) mass is 407 g/mol. The standard InChI is InChI=1S/C22H21N3OS2/c1-15-5-3-4-6-20(15)24-13-25-21(26)11-18(19(12-23)22(25)28-14-24)16-7-9-17(27-2)10-8-16/h3-10,18H,11,13-14H2,1-2H3/t18-/m1/s1. The number of hydrogen-bond donors (Lipinski definition) is 0. The van der Waals surface area contributed by atoms with Gasteiger partial charge in [-0.1, -0.05) is 42.1 Å². The van der Waals surface area contributed by atoms with E-state index in [0.717, 1.165) is 22.2 Å². The van der Waals surface area contributed by atoms with E-state index in [-0.39, 0.29) is 11.8 Å². The van der Waals surface area contributed by atoms with E-state index in [9.17, 15) is 10.1 Å². The molecule has 2 aromatic carbocycles. The summed E-state index contributed by atoms with van der Waals surface area (Å²) in [5.41, 5.74) is 4.07. The number of nitriles is 1. The number of hydrogen-bond acceptors (Lipinski definition) is 5. The molecule has 2 aromatic rings. The molecule has 1 saturated heterocycles. The summed E-state index contributed by atoms with van der Waals surface area (Å²) in [5.74, 6) is 0.656. The van der Waals surface area contributed by atoms with Gasteiger partial charge in [-0.3, -0.25) is 9.69 Å². The number of fused-ring (bicyclic) bond motifs is 1. The quantitative estimate of drug-likeness (QED) is 0.675. The van der Waals surface area contributed by atoms with Gasteiger partial charge in [0.1, 0.15) is 0 Å². The molecule has 1 fully saturated rings. The van der Waals surface area contributed by atoms with Gasteiger partial charge < -0.3 is 4.90 Å². The largest absolute Gasteiger partial charge is 0.343 e. The highest BCUT2D eigenvalue weighted by Crippen LogP contribution is 2.43. The SMILES string of the molecule is CSc1ccc([C@H]2CC(=O)N3CN(c4ccccc4C)CSC3=C2C#N)cc1. The molecule has 28 heavy (non-hydrogen) atoms. The van der Waals surface area contributed by atoms with Crippen LogP contribution in [0, 0.1) is 18.3 Å². The van der Waals surface area contributed by atoms with E-state index in [2.05, 4.69) is 42.2 Å². The van der Waals surface area contributed by atoms with E-state index in [1.165, 1.54) is 10.5 Å². The zero-order chi connectivity index (χ0) is 19.7. The molecular weight excluding hydrogens is 386 g/mol. The molecule has 2 aliphatic heterocycles. The van der Waals surface area contributed by atoms with Crippen molar-refractivity contribution in [1.82, 2.24) is 4.90 Å². The highest BCUT2D eigenvalue weighted by Gasteiger charge is 2.38. The topological polar surface area (TPSA) is 47.3 Å². The summed E-state index contributed by atoms with van der Waals surface area (Å²) in [7, 11) is 0.